The third-order valence-electron chi connectivity index (χ3n) is 3.90. The molecular weight excluding hydrogens is 216 g/mol. The molecule has 94 valence electrons. The van der Waals surface area contributed by atoms with Crippen molar-refractivity contribution in [3.8, 4) is 11.5 Å². The summed E-state index contributed by atoms with van der Waals surface area (Å²) in [5, 5.41) is 9.65. The van der Waals surface area contributed by atoms with Gasteiger partial charge < -0.3 is 14.6 Å². The molecule has 0 atom stereocenters. The Bertz CT molecular complexity index is 403. The second kappa shape index (κ2) is 4.57. The van der Waals surface area contributed by atoms with Crippen LogP contribution in [-0.4, -0.2) is 25.9 Å². The number of aryl methyl sites for hydroxylation is 1. The molecule has 1 aliphatic carbocycles. The average Bonchev–Trinajstić information content (AvgIpc) is 2.29. The molecule has 0 radical (unpaired) electrons. The highest BCUT2D eigenvalue weighted by molar-refractivity contribution is 5.50. The number of benzene rings is 1. The molecule has 17 heavy (non-hydrogen) atoms. The summed E-state index contributed by atoms with van der Waals surface area (Å²) in [6.45, 7) is 2.17. The van der Waals surface area contributed by atoms with Gasteiger partial charge in [0, 0.05) is 11.0 Å². The van der Waals surface area contributed by atoms with Crippen LogP contribution in [0.2, 0.25) is 0 Å². The highest BCUT2D eigenvalue weighted by Crippen LogP contribution is 2.48. The molecule has 3 nitrogen and oxygen atoms in total. The van der Waals surface area contributed by atoms with Crippen molar-refractivity contribution < 1.29 is 14.6 Å². The minimum Gasteiger partial charge on any atom is -0.496 e. The van der Waals surface area contributed by atoms with Crippen molar-refractivity contribution in [3.05, 3.63) is 23.3 Å². The summed E-state index contributed by atoms with van der Waals surface area (Å²) in [4.78, 5) is 0. The molecule has 1 saturated carbocycles. The van der Waals surface area contributed by atoms with E-state index in [1.165, 1.54) is 6.42 Å². The van der Waals surface area contributed by atoms with Crippen LogP contribution in [0.15, 0.2) is 12.1 Å². The number of hydrogen-bond donors (Lipinski definition) is 1. The minimum atomic E-state index is -0.119. The van der Waals surface area contributed by atoms with Crippen molar-refractivity contribution in [1.82, 2.24) is 0 Å². The van der Waals surface area contributed by atoms with E-state index < -0.39 is 0 Å². The van der Waals surface area contributed by atoms with E-state index in [-0.39, 0.29) is 12.0 Å². The highest BCUT2D eigenvalue weighted by Gasteiger charge is 2.40. The maximum atomic E-state index is 9.65. The lowest BCUT2D eigenvalue weighted by Crippen LogP contribution is -2.38. The van der Waals surface area contributed by atoms with Crippen LogP contribution in [0, 0.1) is 6.92 Å². The van der Waals surface area contributed by atoms with Crippen molar-refractivity contribution in [1.29, 1.82) is 0 Å². The van der Waals surface area contributed by atoms with Gasteiger partial charge in [-0.2, -0.15) is 0 Å². The Balaban J connectivity index is 2.50. The van der Waals surface area contributed by atoms with Gasteiger partial charge >= 0.3 is 0 Å². The molecule has 2 rings (SSSR count). The molecule has 1 fully saturated rings. The first-order chi connectivity index (χ1) is 8.16. The molecule has 0 bridgehead atoms. The quantitative estimate of drug-likeness (QED) is 0.872. The Morgan fingerprint density at radius 2 is 1.82 bits per heavy atom. The molecule has 0 saturated heterocycles. The Kier molecular flexibility index (Phi) is 3.29. The SMILES string of the molecule is COc1cc(C2(CO)CCC2)c(OC)cc1C. The maximum Gasteiger partial charge on any atom is 0.123 e. The van der Waals surface area contributed by atoms with Gasteiger partial charge in [-0.3, -0.25) is 0 Å². The summed E-state index contributed by atoms with van der Waals surface area (Å²) in [6, 6.07) is 4.01. The second-order valence-corrected chi connectivity index (χ2v) is 4.81. The number of hydrogen-bond acceptors (Lipinski definition) is 3. The Labute approximate surface area is 102 Å². The van der Waals surface area contributed by atoms with Gasteiger partial charge in [-0.15, -0.1) is 0 Å². The van der Waals surface area contributed by atoms with Crippen molar-refractivity contribution >= 4 is 0 Å². The molecule has 0 aliphatic heterocycles. The largest absolute Gasteiger partial charge is 0.496 e. The van der Waals surface area contributed by atoms with Gasteiger partial charge in [0.15, 0.2) is 0 Å². The second-order valence-electron chi connectivity index (χ2n) is 4.81. The van der Waals surface area contributed by atoms with Crippen LogP contribution in [-0.2, 0) is 5.41 Å². The lowest BCUT2D eigenvalue weighted by Gasteiger charge is -2.41. The standard InChI is InChI=1S/C14H20O3/c1-10-7-13(17-3)11(8-12(10)16-2)14(9-15)5-4-6-14/h7-8,15H,4-6,9H2,1-3H3. The average molecular weight is 236 g/mol. The minimum absolute atomic E-state index is 0.119. The maximum absolute atomic E-state index is 9.65. The van der Waals surface area contributed by atoms with Crippen molar-refractivity contribution in [3.63, 3.8) is 0 Å². The van der Waals surface area contributed by atoms with Crippen LogP contribution in [0.4, 0.5) is 0 Å². The summed E-state index contributed by atoms with van der Waals surface area (Å²) in [6.07, 6.45) is 3.21. The molecular formula is C14H20O3. The van der Waals surface area contributed by atoms with E-state index in [1.54, 1.807) is 14.2 Å². The molecule has 3 heteroatoms. The summed E-state index contributed by atoms with van der Waals surface area (Å²) in [5.41, 5.74) is 2.02. The molecule has 0 spiro atoms. The Morgan fingerprint density at radius 3 is 2.24 bits per heavy atom. The molecule has 1 aromatic carbocycles. The van der Waals surface area contributed by atoms with Gasteiger partial charge in [-0.1, -0.05) is 6.42 Å². The molecule has 1 N–H and O–H groups in total. The summed E-state index contributed by atoms with van der Waals surface area (Å²) >= 11 is 0. The first kappa shape index (κ1) is 12.2. The van der Waals surface area contributed by atoms with Crippen LogP contribution >= 0.6 is 0 Å². The number of aliphatic hydroxyl groups excluding tert-OH is 1. The zero-order valence-corrected chi connectivity index (χ0v) is 10.7. The predicted octanol–water partition coefficient (Wildman–Crippen LogP) is 2.43. The van der Waals surface area contributed by atoms with Gasteiger partial charge in [-0.05, 0) is 37.5 Å². The van der Waals surface area contributed by atoms with Crippen LogP contribution in [0.5, 0.6) is 11.5 Å². The number of rotatable bonds is 4. The fourth-order valence-corrected chi connectivity index (χ4v) is 2.58. The Morgan fingerprint density at radius 1 is 1.18 bits per heavy atom. The zero-order valence-electron chi connectivity index (χ0n) is 10.7. The normalized spacial score (nSPS) is 17.4. The number of ether oxygens (including phenoxy) is 2. The molecule has 0 amide bonds. The van der Waals surface area contributed by atoms with E-state index in [9.17, 15) is 5.11 Å². The third-order valence-corrected chi connectivity index (χ3v) is 3.90. The summed E-state index contributed by atoms with van der Waals surface area (Å²) < 4.78 is 10.8. The van der Waals surface area contributed by atoms with E-state index in [0.29, 0.717) is 0 Å². The van der Waals surface area contributed by atoms with Gasteiger partial charge in [0.1, 0.15) is 11.5 Å². The highest BCUT2D eigenvalue weighted by atomic mass is 16.5. The van der Waals surface area contributed by atoms with E-state index in [0.717, 1.165) is 35.5 Å². The van der Waals surface area contributed by atoms with E-state index in [1.807, 2.05) is 19.1 Å². The van der Waals surface area contributed by atoms with Crippen LogP contribution in [0.1, 0.15) is 30.4 Å². The smallest absolute Gasteiger partial charge is 0.123 e. The zero-order chi connectivity index (χ0) is 12.5. The van der Waals surface area contributed by atoms with Crippen LogP contribution in [0.3, 0.4) is 0 Å². The van der Waals surface area contributed by atoms with Gasteiger partial charge in [0.25, 0.3) is 0 Å². The van der Waals surface area contributed by atoms with Crippen molar-refractivity contribution in [2.24, 2.45) is 0 Å². The lowest BCUT2D eigenvalue weighted by atomic mass is 9.64. The number of methoxy groups -OCH3 is 2. The molecule has 0 heterocycles. The van der Waals surface area contributed by atoms with Crippen LogP contribution < -0.4 is 9.47 Å². The van der Waals surface area contributed by atoms with Crippen molar-refractivity contribution in [2.45, 2.75) is 31.6 Å². The van der Waals surface area contributed by atoms with E-state index in [4.69, 9.17) is 9.47 Å². The number of aliphatic hydroxyl groups is 1. The fourth-order valence-electron chi connectivity index (χ4n) is 2.58. The summed E-state index contributed by atoms with van der Waals surface area (Å²) in [5.74, 6) is 1.72. The molecule has 0 aromatic heterocycles. The van der Waals surface area contributed by atoms with E-state index >= 15 is 0 Å². The van der Waals surface area contributed by atoms with E-state index in [2.05, 4.69) is 0 Å². The molecule has 0 unspecified atom stereocenters. The predicted molar refractivity (Wildman–Crippen MR) is 66.9 cm³/mol. The monoisotopic (exact) mass is 236 g/mol. The topological polar surface area (TPSA) is 38.7 Å². The fraction of sp³-hybridized carbons (Fsp3) is 0.571. The van der Waals surface area contributed by atoms with Gasteiger partial charge in [-0.25, -0.2) is 0 Å². The Hall–Kier alpha value is -1.22. The first-order valence-corrected chi connectivity index (χ1v) is 6.01. The first-order valence-electron chi connectivity index (χ1n) is 6.01. The van der Waals surface area contributed by atoms with Crippen LogP contribution in [0.25, 0.3) is 0 Å². The third kappa shape index (κ3) is 1.89. The van der Waals surface area contributed by atoms with Crippen molar-refractivity contribution in [2.75, 3.05) is 20.8 Å². The van der Waals surface area contributed by atoms with Gasteiger partial charge in [0.2, 0.25) is 0 Å². The summed E-state index contributed by atoms with van der Waals surface area (Å²) in [7, 11) is 3.35. The molecule has 1 aliphatic rings. The molecule has 1 aromatic rings. The van der Waals surface area contributed by atoms with Gasteiger partial charge in [0.05, 0.1) is 20.8 Å². The lowest BCUT2D eigenvalue weighted by molar-refractivity contribution is 0.117.